The minimum Gasteiger partial charge on any atom is -0.348 e. The molecule has 0 aliphatic heterocycles. The number of aryl methyl sites for hydroxylation is 1. The van der Waals surface area contributed by atoms with Crippen LogP contribution < -0.4 is 5.32 Å². The van der Waals surface area contributed by atoms with Crippen molar-refractivity contribution in [2.24, 2.45) is 5.41 Å². The summed E-state index contributed by atoms with van der Waals surface area (Å²) in [6, 6.07) is 16.6. The van der Waals surface area contributed by atoms with Crippen molar-refractivity contribution < 1.29 is 4.79 Å². The van der Waals surface area contributed by atoms with Crippen molar-refractivity contribution in [1.82, 2.24) is 14.9 Å². The Hall–Kier alpha value is -2.62. The summed E-state index contributed by atoms with van der Waals surface area (Å²) in [6.45, 7) is 8.99. The lowest BCUT2D eigenvalue weighted by Crippen LogP contribution is -2.35. The third kappa shape index (κ3) is 3.90. The highest BCUT2D eigenvalue weighted by molar-refractivity contribution is 5.81. The standard InChI is InChI=1S/C21H25N3O/c1-15-9-11-16(12-10-15)14-24-18-8-6-5-7-17(18)23-19(24)13-22-20(25)21(2,3)4/h5-12H,13-14H2,1-4H3,(H,22,25). The van der Waals surface area contributed by atoms with E-state index in [0.29, 0.717) is 6.54 Å². The zero-order valence-electron chi connectivity index (χ0n) is 15.3. The van der Waals surface area contributed by atoms with Gasteiger partial charge in [0.25, 0.3) is 0 Å². The van der Waals surface area contributed by atoms with Gasteiger partial charge in [-0.3, -0.25) is 4.79 Å². The van der Waals surface area contributed by atoms with Crippen LogP contribution in [-0.4, -0.2) is 15.5 Å². The van der Waals surface area contributed by atoms with E-state index in [1.54, 1.807) is 0 Å². The van der Waals surface area contributed by atoms with E-state index in [1.807, 2.05) is 39.0 Å². The Morgan fingerprint density at radius 2 is 1.76 bits per heavy atom. The Bertz CT molecular complexity index is 886. The number of amides is 1. The largest absolute Gasteiger partial charge is 0.348 e. The predicted octanol–water partition coefficient (Wildman–Crippen LogP) is 4.06. The van der Waals surface area contributed by atoms with Crippen LogP contribution in [0, 0.1) is 12.3 Å². The van der Waals surface area contributed by atoms with E-state index in [0.717, 1.165) is 23.4 Å². The molecule has 25 heavy (non-hydrogen) atoms. The molecule has 4 nitrogen and oxygen atoms in total. The predicted molar refractivity (Wildman–Crippen MR) is 101 cm³/mol. The second kappa shape index (κ2) is 6.71. The summed E-state index contributed by atoms with van der Waals surface area (Å²) < 4.78 is 2.18. The summed E-state index contributed by atoms with van der Waals surface area (Å²) in [5.74, 6) is 0.904. The van der Waals surface area contributed by atoms with Crippen molar-refractivity contribution in [1.29, 1.82) is 0 Å². The number of benzene rings is 2. The first-order chi connectivity index (χ1) is 11.8. The molecule has 0 radical (unpaired) electrons. The highest BCUT2D eigenvalue weighted by Gasteiger charge is 2.21. The van der Waals surface area contributed by atoms with Crippen molar-refractivity contribution in [3.05, 3.63) is 65.5 Å². The van der Waals surface area contributed by atoms with Gasteiger partial charge in [0.15, 0.2) is 0 Å². The van der Waals surface area contributed by atoms with E-state index in [2.05, 4.69) is 47.1 Å². The molecule has 1 N–H and O–H groups in total. The number of imidazole rings is 1. The van der Waals surface area contributed by atoms with Crippen LogP contribution in [-0.2, 0) is 17.9 Å². The van der Waals surface area contributed by atoms with Crippen molar-refractivity contribution in [3.8, 4) is 0 Å². The fraction of sp³-hybridized carbons (Fsp3) is 0.333. The molecule has 4 heteroatoms. The summed E-state index contributed by atoms with van der Waals surface area (Å²) in [7, 11) is 0. The van der Waals surface area contributed by atoms with Crippen LogP contribution in [0.15, 0.2) is 48.5 Å². The molecule has 1 heterocycles. The number of aromatic nitrogens is 2. The molecule has 0 bridgehead atoms. The van der Waals surface area contributed by atoms with Crippen LogP contribution in [0.1, 0.15) is 37.7 Å². The molecule has 0 fully saturated rings. The van der Waals surface area contributed by atoms with E-state index in [4.69, 9.17) is 4.98 Å². The summed E-state index contributed by atoms with van der Waals surface area (Å²) in [5.41, 5.74) is 4.10. The normalized spacial score (nSPS) is 11.7. The van der Waals surface area contributed by atoms with Crippen molar-refractivity contribution in [2.45, 2.75) is 40.8 Å². The second-order valence-corrected chi connectivity index (χ2v) is 7.52. The minimum absolute atomic E-state index is 0.0291. The molecule has 0 aliphatic carbocycles. The highest BCUT2D eigenvalue weighted by Crippen LogP contribution is 2.19. The lowest BCUT2D eigenvalue weighted by atomic mass is 9.96. The van der Waals surface area contributed by atoms with Crippen molar-refractivity contribution >= 4 is 16.9 Å². The van der Waals surface area contributed by atoms with Crippen LogP contribution in [0.2, 0.25) is 0 Å². The molecule has 0 saturated heterocycles. The number of para-hydroxylation sites is 2. The van der Waals surface area contributed by atoms with E-state index >= 15 is 0 Å². The summed E-state index contributed by atoms with van der Waals surface area (Å²) in [5, 5.41) is 3.01. The number of nitrogens with zero attached hydrogens (tertiary/aromatic N) is 2. The van der Waals surface area contributed by atoms with Crippen LogP contribution in [0.25, 0.3) is 11.0 Å². The lowest BCUT2D eigenvalue weighted by Gasteiger charge is -2.18. The van der Waals surface area contributed by atoms with Crippen molar-refractivity contribution in [3.63, 3.8) is 0 Å². The number of carbonyl (C=O) groups excluding carboxylic acids is 1. The molecule has 3 aromatic rings. The summed E-state index contributed by atoms with van der Waals surface area (Å²) in [6.07, 6.45) is 0. The fourth-order valence-corrected chi connectivity index (χ4v) is 2.74. The second-order valence-electron chi connectivity index (χ2n) is 7.52. The number of hydrogen-bond donors (Lipinski definition) is 1. The van der Waals surface area contributed by atoms with Crippen LogP contribution in [0.3, 0.4) is 0 Å². The summed E-state index contributed by atoms with van der Waals surface area (Å²) in [4.78, 5) is 16.9. The minimum atomic E-state index is -0.409. The maximum absolute atomic E-state index is 12.2. The van der Waals surface area contributed by atoms with Gasteiger partial charge in [-0.1, -0.05) is 62.7 Å². The van der Waals surface area contributed by atoms with Gasteiger partial charge >= 0.3 is 0 Å². The maximum Gasteiger partial charge on any atom is 0.225 e. The number of carbonyl (C=O) groups is 1. The van der Waals surface area contributed by atoms with Gasteiger partial charge in [-0.2, -0.15) is 0 Å². The quantitative estimate of drug-likeness (QED) is 0.782. The van der Waals surface area contributed by atoms with Crippen molar-refractivity contribution in [2.75, 3.05) is 0 Å². The Labute approximate surface area is 148 Å². The zero-order valence-corrected chi connectivity index (χ0v) is 15.3. The Balaban J connectivity index is 1.91. The average Bonchev–Trinajstić information content (AvgIpc) is 2.91. The Kier molecular flexibility index (Phi) is 4.62. The molecule has 1 amide bonds. The van der Waals surface area contributed by atoms with E-state index in [1.165, 1.54) is 11.1 Å². The first-order valence-corrected chi connectivity index (χ1v) is 8.62. The summed E-state index contributed by atoms with van der Waals surface area (Å²) >= 11 is 0. The number of nitrogens with one attached hydrogen (secondary N) is 1. The van der Waals surface area contributed by atoms with Gasteiger partial charge in [-0.25, -0.2) is 4.98 Å². The van der Waals surface area contributed by atoms with Gasteiger partial charge in [0.1, 0.15) is 5.82 Å². The number of fused-ring (bicyclic) bond motifs is 1. The fourth-order valence-electron chi connectivity index (χ4n) is 2.74. The topological polar surface area (TPSA) is 46.9 Å². The maximum atomic E-state index is 12.2. The van der Waals surface area contributed by atoms with Gasteiger partial charge in [-0.05, 0) is 24.6 Å². The van der Waals surface area contributed by atoms with Crippen LogP contribution >= 0.6 is 0 Å². The number of hydrogen-bond acceptors (Lipinski definition) is 2. The molecule has 2 aromatic carbocycles. The van der Waals surface area contributed by atoms with Gasteiger partial charge in [0.2, 0.25) is 5.91 Å². The van der Waals surface area contributed by atoms with Gasteiger partial charge in [0.05, 0.1) is 17.6 Å². The molecule has 3 rings (SSSR count). The van der Waals surface area contributed by atoms with Gasteiger partial charge in [0, 0.05) is 12.0 Å². The Morgan fingerprint density at radius 1 is 1.08 bits per heavy atom. The SMILES string of the molecule is Cc1ccc(Cn2c(CNC(=O)C(C)(C)C)nc3ccccc32)cc1. The third-order valence-corrected chi connectivity index (χ3v) is 4.28. The van der Waals surface area contributed by atoms with E-state index in [9.17, 15) is 4.79 Å². The molecule has 0 atom stereocenters. The molecule has 0 unspecified atom stereocenters. The first-order valence-electron chi connectivity index (χ1n) is 8.62. The lowest BCUT2D eigenvalue weighted by molar-refractivity contribution is -0.128. The molecule has 0 spiro atoms. The molecule has 130 valence electrons. The third-order valence-electron chi connectivity index (χ3n) is 4.28. The molecule has 0 saturated carbocycles. The molecular weight excluding hydrogens is 310 g/mol. The first kappa shape index (κ1) is 17.2. The van der Waals surface area contributed by atoms with Gasteiger partial charge in [-0.15, -0.1) is 0 Å². The molecule has 1 aromatic heterocycles. The van der Waals surface area contributed by atoms with Crippen LogP contribution in [0.5, 0.6) is 0 Å². The molecular formula is C21H25N3O. The van der Waals surface area contributed by atoms with E-state index in [-0.39, 0.29) is 5.91 Å². The average molecular weight is 335 g/mol. The highest BCUT2D eigenvalue weighted by atomic mass is 16.2. The Morgan fingerprint density at radius 3 is 2.44 bits per heavy atom. The van der Waals surface area contributed by atoms with E-state index < -0.39 is 5.41 Å². The smallest absolute Gasteiger partial charge is 0.225 e. The van der Waals surface area contributed by atoms with Crippen LogP contribution in [0.4, 0.5) is 0 Å². The van der Waals surface area contributed by atoms with Gasteiger partial charge < -0.3 is 9.88 Å². The zero-order chi connectivity index (χ0) is 18.0. The number of rotatable bonds is 4. The molecule has 0 aliphatic rings. The monoisotopic (exact) mass is 335 g/mol.